The average molecular weight is 820 g/mol. The van der Waals surface area contributed by atoms with Crippen LogP contribution in [0.5, 0.6) is 0 Å². The Morgan fingerprint density at radius 2 is 1.26 bits per heavy atom. The third-order valence-electron chi connectivity index (χ3n) is 15.9. The molecule has 3 fully saturated rings. The molecule has 0 heterocycles. The van der Waals surface area contributed by atoms with Gasteiger partial charge >= 0.3 is 0 Å². The normalized spacial score (nSPS) is 30.4. The Morgan fingerprint density at radius 3 is 1.84 bits per heavy atom. The molecule has 0 aliphatic heterocycles. The molecular formula is C50H94NO5P. The van der Waals surface area contributed by atoms with Gasteiger partial charge in [0, 0.05) is 6.61 Å². The lowest BCUT2D eigenvalue weighted by Gasteiger charge is -2.58. The van der Waals surface area contributed by atoms with E-state index in [4.69, 9.17) is 13.8 Å². The first-order valence-corrected chi connectivity index (χ1v) is 26.3. The first kappa shape index (κ1) is 49.4. The number of hydrogen-bond donors (Lipinski definition) is 0. The largest absolute Gasteiger partial charge is 0.756 e. The number of fused-ring (bicyclic) bond motifs is 5. The molecule has 0 bridgehead atoms. The summed E-state index contributed by atoms with van der Waals surface area (Å²) in [5, 5.41) is 0. The Kier molecular flexibility index (Phi) is 21.2. The molecule has 7 heteroatoms. The van der Waals surface area contributed by atoms with Crippen molar-refractivity contribution in [3.05, 3.63) is 11.6 Å². The molecule has 0 aromatic carbocycles. The van der Waals surface area contributed by atoms with Crippen LogP contribution < -0.4 is 4.89 Å². The predicted octanol–water partition coefficient (Wildman–Crippen LogP) is 13.9. The molecule has 0 N–H and O–H groups in total. The quantitative estimate of drug-likeness (QED) is 0.0312. The van der Waals surface area contributed by atoms with E-state index in [1.807, 2.05) is 21.1 Å². The van der Waals surface area contributed by atoms with Crippen molar-refractivity contribution >= 4 is 7.82 Å². The zero-order chi connectivity index (χ0) is 41.4. The van der Waals surface area contributed by atoms with Gasteiger partial charge in [-0.05, 0) is 111 Å². The van der Waals surface area contributed by atoms with Gasteiger partial charge < -0.3 is 23.2 Å². The molecule has 334 valence electrons. The SMILES string of the molecule is CC(C)CCC[C@@H](C)[C@H]1CC[C@H]2[C@@H]3CC=C4C[C@@H](OCCCCCCCCCCCCCCCCCCOP(=O)([O-])OCC[N+](C)(C)C)CC[C@]4(C)[C@H]3CC[C@]12C. The fourth-order valence-corrected chi connectivity index (χ4v) is 13.1. The van der Waals surface area contributed by atoms with Gasteiger partial charge in [0.2, 0.25) is 0 Å². The Balaban J connectivity index is 0.949. The monoisotopic (exact) mass is 820 g/mol. The Bertz CT molecular complexity index is 1200. The van der Waals surface area contributed by atoms with Gasteiger partial charge in [-0.25, -0.2) is 0 Å². The number of rotatable bonds is 30. The van der Waals surface area contributed by atoms with Gasteiger partial charge in [0.15, 0.2) is 0 Å². The van der Waals surface area contributed by atoms with Crippen LogP contribution in [0.3, 0.4) is 0 Å². The van der Waals surface area contributed by atoms with Gasteiger partial charge in [0.25, 0.3) is 7.82 Å². The Labute approximate surface area is 354 Å². The van der Waals surface area contributed by atoms with E-state index in [1.165, 1.54) is 154 Å². The first-order chi connectivity index (χ1) is 27.1. The van der Waals surface area contributed by atoms with Crippen LogP contribution in [0.15, 0.2) is 11.6 Å². The van der Waals surface area contributed by atoms with E-state index in [-0.39, 0.29) is 13.2 Å². The molecule has 3 saturated carbocycles. The van der Waals surface area contributed by atoms with Crippen LogP contribution in [0.25, 0.3) is 0 Å². The summed E-state index contributed by atoms with van der Waals surface area (Å²) >= 11 is 0. The molecule has 6 nitrogen and oxygen atoms in total. The van der Waals surface area contributed by atoms with Gasteiger partial charge in [-0.15, -0.1) is 0 Å². The fraction of sp³-hybridized carbons (Fsp3) is 0.960. The number of allylic oxidation sites excluding steroid dienone is 1. The van der Waals surface area contributed by atoms with Crippen LogP contribution in [-0.2, 0) is 18.3 Å². The Morgan fingerprint density at radius 1 is 0.702 bits per heavy atom. The first-order valence-electron chi connectivity index (χ1n) is 24.9. The van der Waals surface area contributed by atoms with E-state index in [2.05, 4.69) is 40.7 Å². The van der Waals surface area contributed by atoms with E-state index in [0.29, 0.717) is 28.0 Å². The molecule has 9 atom stereocenters. The lowest BCUT2D eigenvalue weighted by molar-refractivity contribution is -0.870. The summed E-state index contributed by atoms with van der Waals surface area (Å²) in [5.74, 6) is 5.49. The highest BCUT2D eigenvalue weighted by atomic mass is 31.2. The lowest BCUT2D eigenvalue weighted by Crippen LogP contribution is -2.51. The van der Waals surface area contributed by atoms with E-state index >= 15 is 0 Å². The molecule has 4 rings (SSSR count). The molecule has 4 aliphatic carbocycles. The minimum absolute atomic E-state index is 0.166. The molecule has 1 unspecified atom stereocenters. The van der Waals surface area contributed by atoms with Gasteiger partial charge in [-0.1, -0.05) is 155 Å². The van der Waals surface area contributed by atoms with Crippen LogP contribution >= 0.6 is 7.82 Å². The van der Waals surface area contributed by atoms with Gasteiger partial charge in [0.05, 0.1) is 33.9 Å². The molecule has 0 aromatic rings. The van der Waals surface area contributed by atoms with Crippen molar-refractivity contribution in [2.75, 3.05) is 47.5 Å². The summed E-state index contributed by atoms with van der Waals surface area (Å²) in [4.78, 5) is 11.8. The second-order valence-electron chi connectivity index (χ2n) is 21.8. The third kappa shape index (κ3) is 16.2. The van der Waals surface area contributed by atoms with E-state index in [0.717, 1.165) is 61.4 Å². The number of nitrogens with zero attached hydrogens (tertiary/aromatic N) is 1. The second kappa shape index (κ2) is 24.4. The van der Waals surface area contributed by atoms with Crippen LogP contribution in [0.2, 0.25) is 0 Å². The average Bonchev–Trinajstić information content (AvgIpc) is 3.50. The maximum absolute atomic E-state index is 11.8. The van der Waals surface area contributed by atoms with E-state index in [1.54, 1.807) is 5.57 Å². The number of likely N-dealkylation sites (N-methyl/N-ethyl adjacent to an activating group) is 1. The highest BCUT2D eigenvalue weighted by molar-refractivity contribution is 7.45. The summed E-state index contributed by atoms with van der Waals surface area (Å²) < 4.78 is 29.0. The number of ether oxygens (including phenoxy) is 1. The zero-order valence-corrected chi connectivity index (χ0v) is 39.9. The third-order valence-corrected chi connectivity index (χ3v) is 16.9. The van der Waals surface area contributed by atoms with Crippen LogP contribution in [0.1, 0.15) is 208 Å². The summed E-state index contributed by atoms with van der Waals surface area (Å²) in [6.07, 6.45) is 39.0. The molecule has 0 spiro atoms. The smallest absolute Gasteiger partial charge is 0.268 e. The highest BCUT2D eigenvalue weighted by Gasteiger charge is 2.59. The van der Waals surface area contributed by atoms with Crippen LogP contribution in [0.4, 0.5) is 0 Å². The molecule has 0 radical (unpaired) electrons. The molecule has 4 aliphatic rings. The van der Waals surface area contributed by atoms with E-state index < -0.39 is 7.82 Å². The van der Waals surface area contributed by atoms with Crippen molar-refractivity contribution in [3.63, 3.8) is 0 Å². The summed E-state index contributed by atoms with van der Waals surface area (Å²) in [6.45, 7) is 14.8. The lowest BCUT2D eigenvalue weighted by atomic mass is 9.47. The number of phosphoric acid groups is 1. The molecule has 0 saturated heterocycles. The molecule has 57 heavy (non-hydrogen) atoms. The number of unbranched alkanes of at least 4 members (excludes halogenated alkanes) is 15. The minimum Gasteiger partial charge on any atom is -0.756 e. The van der Waals surface area contributed by atoms with Crippen molar-refractivity contribution < 1.29 is 27.7 Å². The standard InChI is InChI=1S/C50H94NO5P/c1-41(2)26-25-27-42(3)46-30-31-47-45-29-28-43-40-44(32-34-49(43,4)48(45)33-35-50(46,47)5)54-37-23-21-19-17-15-13-11-9-10-12-14-16-18-20-22-24-38-55-57(52,53)56-39-36-51(6,7)8/h28,41-42,44-48H,9-27,29-40H2,1-8H3/t42-,44+,45+,46-,47+,48+,49+,50-/m1/s1. The topological polar surface area (TPSA) is 67.8 Å². The number of hydrogen-bond acceptors (Lipinski definition) is 5. The van der Waals surface area contributed by atoms with Crippen molar-refractivity contribution in [3.8, 4) is 0 Å². The minimum atomic E-state index is -4.16. The fourth-order valence-electron chi connectivity index (χ4n) is 12.4. The number of quaternary nitrogens is 1. The van der Waals surface area contributed by atoms with E-state index in [9.17, 15) is 9.46 Å². The second-order valence-corrected chi connectivity index (χ2v) is 23.2. The molecular weight excluding hydrogens is 726 g/mol. The maximum atomic E-state index is 11.8. The van der Waals surface area contributed by atoms with Crippen molar-refractivity contribution in [1.29, 1.82) is 0 Å². The van der Waals surface area contributed by atoms with Crippen molar-refractivity contribution in [1.82, 2.24) is 0 Å². The van der Waals surface area contributed by atoms with Crippen molar-refractivity contribution in [2.45, 2.75) is 214 Å². The Hall–Kier alpha value is -0.230. The summed E-state index contributed by atoms with van der Waals surface area (Å²) in [6, 6.07) is 0. The maximum Gasteiger partial charge on any atom is 0.268 e. The van der Waals surface area contributed by atoms with Gasteiger partial charge in [-0.3, -0.25) is 4.57 Å². The van der Waals surface area contributed by atoms with Crippen LogP contribution in [-0.4, -0.2) is 58.1 Å². The van der Waals surface area contributed by atoms with Crippen LogP contribution in [0, 0.1) is 46.3 Å². The van der Waals surface area contributed by atoms with Gasteiger partial charge in [0.1, 0.15) is 13.2 Å². The van der Waals surface area contributed by atoms with Crippen molar-refractivity contribution in [2.24, 2.45) is 46.3 Å². The number of phosphoric ester groups is 1. The highest BCUT2D eigenvalue weighted by Crippen LogP contribution is 2.67. The summed E-state index contributed by atoms with van der Waals surface area (Å²) in [5.41, 5.74) is 2.80. The summed E-state index contributed by atoms with van der Waals surface area (Å²) in [7, 11) is 1.86. The zero-order valence-electron chi connectivity index (χ0n) is 39.0. The molecule has 0 aromatic heterocycles. The molecule has 0 amide bonds. The predicted molar refractivity (Wildman–Crippen MR) is 239 cm³/mol. The van der Waals surface area contributed by atoms with Gasteiger partial charge in [-0.2, -0.15) is 0 Å².